The van der Waals surface area contributed by atoms with Gasteiger partial charge in [0.25, 0.3) is 0 Å². The van der Waals surface area contributed by atoms with Crippen LogP contribution in [-0.2, 0) is 11.0 Å². The maximum Gasteiger partial charge on any atom is 0.417 e. The topological polar surface area (TPSA) is 69.1 Å². The van der Waals surface area contributed by atoms with Crippen molar-refractivity contribution in [1.82, 2.24) is 14.8 Å². The molecule has 1 aromatic rings. The van der Waals surface area contributed by atoms with Gasteiger partial charge in [-0.2, -0.15) is 18.1 Å². The zero-order valence-corrected chi connectivity index (χ0v) is 22.2. The van der Waals surface area contributed by atoms with Crippen molar-refractivity contribution in [3.63, 3.8) is 0 Å². The number of nitrogens with zero attached hydrogens (tertiary/aromatic N) is 5. The highest BCUT2D eigenvalue weighted by atomic mass is 19.4. The van der Waals surface area contributed by atoms with E-state index in [2.05, 4.69) is 22.0 Å². The molecular formula is C27H38F3N5O2. The first-order valence-corrected chi connectivity index (χ1v) is 13.5. The van der Waals surface area contributed by atoms with E-state index in [1.807, 2.05) is 30.7 Å². The lowest BCUT2D eigenvalue weighted by Crippen LogP contribution is -2.67. The molecule has 37 heavy (non-hydrogen) atoms. The number of piperazine rings is 1. The zero-order chi connectivity index (χ0) is 26.8. The largest absolute Gasteiger partial charge is 0.417 e. The minimum atomic E-state index is -4.41. The maximum absolute atomic E-state index is 14.0. The second-order valence-corrected chi connectivity index (χ2v) is 12.6. The van der Waals surface area contributed by atoms with Crippen LogP contribution in [0.15, 0.2) is 23.5 Å². The highest BCUT2D eigenvalue weighted by Gasteiger charge is 2.57. The van der Waals surface area contributed by atoms with Crippen LogP contribution in [0.5, 0.6) is 0 Å². The van der Waals surface area contributed by atoms with Crippen molar-refractivity contribution < 1.29 is 18.0 Å². The normalized spacial score (nSPS) is 34.0. The van der Waals surface area contributed by atoms with Crippen LogP contribution in [0.25, 0.3) is 0 Å². The summed E-state index contributed by atoms with van der Waals surface area (Å²) < 4.78 is 38.8. The van der Waals surface area contributed by atoms with E-state index in [-0.39, 0.29) is 23.4 Å². The summed E-state index contributed by atoms with van der Waals surface area (Å²) in [7, 11) is 1.95. The molecule has 3 unspecified atom stereocenters. The number of carbonyl (C=O) groups is 1. The second kappa shape index (κ2) is 9.20. The fraction of sp³-hybridized carbons (Fsp3) is 0.778. The molecule has 3 atom stereocenters. The van der Waals surface area contributed by atoms with E-state index in [1.165, 1.54) is 6.07 Å². The summed E-state index contributed by atoms with van der Waals surface area (Å²) in [6, 6.07) is 2.72. The van der Waals surface area contributed by atoms with Gasteiger partial charge >= 0.3 is 6.18 Å². The Kier molecular flexibility index (Phi) is 6.56. The van der Waals surface area contributed by atoms with Crippen LogP contribution in [-0.4, -0.2) is 71.5 Å². The first-order chi connectivity index (χ1) is 17.3. The summed E-state index contributed by atoms with van der Waals surface area (Å²) in [4.78, 5) is 35.4. The number of hydrogen-bond donors (Lipinski definition) is 0. The van der Waals surface area contributed by atoms with Crippen LogP contribution >= 0.6 is 0 Å². The number of anilines is 1. The van der Waals surface area contributed by atoms with Crippen LogP contribution in [0.4, 0.5) is 19.0 Å². The Balaban J connectivity index is 1.26. The predicted molar refractivity (Wildman–Crippen MR) is 135 cm³/mol. The van der Waals surface area contributed by atoms with E-state index in [4.69, 9.17) is 0 Å². The van der Waals surface area contributed by atoms with Gasteiger partial charge in [-0.05, 0) is 88.2 Å². The van der Waals surface area contributed by atoms with Crippen molar-refractivity contribution in [3.8, 4) is 0 Å². The van der Waals surface area contributed by atoms with E-state index < -0.39 is 17.3 Å². The minimum Gasteiger partial charge on any atom is -0.354 e. The van der Waals surface area contributed by atoms with Crippen molar-refractivity contribution >= 4 is 11.7 Å². The molecule has 10 heteroatoms. The summed E-state index contributed by atoms with van der Waals surface area (Å²) >= 11 is 0. The number of rotatable bonds is 6. The highest BCUT2D eigenvalue weighted by molar-refractivity contribution is 5.85. The summed E-state index contributed by atoms with van der Waals surface area (Å²) in [5.74, 6) is 2.14. The van der Waals surface area contributed by atoms with E-state index in [9.17, 15) is 22.9 Å². The maximum atomic E-state index is 14.0. The number of halogens is 3. The number of likely N-dealkylation sites (N-methyl/N-ethyl adjacent to an activating group) is 1. The lowest BCUT2D eigenvalue weighted by molar-refractivity contribution is -0.159. The molecular weight excluding hydrogens is 483 g/mol. The van der Waals surface area contributed by atoms with Gasteiger partial charge in [0, 0.05) is 45.0 Å². The van der Waals surface area contributed by atoms with Crippen molar-refractivity contribution in [2.75, 3.05) is 38.1 Å². The van der Waals surface area contributed by atoms with Gasteiger partial charge in [0.05, 0.1) is 17.6 Å². The van der Waals surface area contributed by atoms with Gasteiger partial charge in [-0.1, -0.05) is 5.18 Å². The average Bonchev–Trinajstić information content (AvgIpc) is 2.82. The molecule has 6 rings (SSSR count). The molecule has 1 aromatic heterocycles. The fourth-order valence-corrected chi connectivity index (χ4v) is 8.56. The van der Waals surface area contributed by atoms with Crippen LogP contribution in [0.1, 0.15) is 58.4 Å². The highest BCUT2D eigenvalue weighted by Crippen LogP contribution is 2.61. The van der Waals surface area contributed by atoms with Gasteiger partial charge in [-0.25, -0.2) is 4.98 Å². The summed E-state index contributed by atoms with van der Waals surface area (Å²) in [6.45, 7) is 8.22. The third-order valence-corrected chi connectivity index (χ3v) is 9.79. The molecule has 204 valence electrons. The zero-order valence-electron chi connectivity index (χ0n) is 22.2. The molecule has 5 fully saturated rings. The molecule has 7 nitrogen and oxygen atoms in total. The predicted octanol–water partition coefficient (Wildman–Crippen LogP) is 4.81. The Morgan fingerprint density at radius 2 is 1.84 bits per heavy atom. The van der Waals surface area contributed by atoms with Gasteiger partial charge in [0.2, 0.25) is 5.91 Å². The summed E-state index contributed by atoms with van der Waals surface area (Å²) in [5, 5.41) is 3.29. The van der Waals surface area contributed by atoms with Crippen molar-refractivity contribution in [2.45, 2.75) is 76.7 Å². The Morgan fingerprint density at radius 3 is 2.38 bits per heavy atom. The van der Waals surface area contributed by atoms with E-state index in [0.717, 1.165) is 44.4 Å². The molecule has 0 N–H and O–H groups in total. The third kappa shape index (κ3) is 4.63. The van der Waals surface area contributed by atoms with Crippen molar-refractivity contribution in [2.24, 2.45) is 28.3 Å². The monoisotopic (exact) mass is 521 g/mol. The lowest BCUT2D eigenvalue weighted by Gasteiger charge is -2.61. The molecule has 4 aliphatic carbocycles. The number of nitroso groups, excluding NO2 is 1. The first kappa shape index (κ1) is 26.4. The van der Waals surface area contributed by atoms with Crippen LogP contribution < -0.4 is 4.90 Å². The summed E-state index contributed by atoms with van der Waals surface area (Å²) in [5.41, 5.74) is -1.42. The molecule has 4 saturated carbocycles. The Labute approximate surface area is 216 Å². The van der Waals surface area contributed by atoms with E-state index >= 15 is 0 Å². The Morgan fingerprint density at radius 1 is 1.16 bits per heavy atom. The van der Waals surface area contributed by atoms with Gasteiger partial charge in [0.15, 0.2) is 0 Å². The molecule has 2 heterocycles. The Bertz CT molecular complexity index is 1010. The number of hydrogen-bond acceptors (Lipinski definition) is 6. The lowest BCUT2D eigenvalue weighted by atomic mass is 9.47. The smallest absolute Gasteiger partial charge is 0.354 e. The third-order valence-electron chi connectivity index (χ3n) is 9.79. The first-order valence-electron chi connectivity index (χ1n) is 13.5. The van der Waals surface area contributed by atoms with E-state index in [0.29, 0.717) is 49.8 Å². The number of alkyl halides is 3. The quantitative estimate of drug-likeness (QED) is 0.503. The fourth-order valence-electron chi connectivity index (χ4n) is 8.56. The molecule has 0 radical (unpaired) electrons. The van der Waals surface area contributed by atoms with Crippen molar-refractivity contribution in [3.05, 3.63) is 28.8 Å². The number of amides is 1. The molecule has 5 aliphatic rings. The molecule has 1 amide bonds. The standard InChI is InChI=1S/C27H38F3N5O2/c1-17-15-34(22-6-5-21(14-31-22)27(28,29)30)7-8-35(17)25(2,3)24(36)33(4)23-19-9-18-10-20(23)13-26(11-18,12-19)16-32-37/h5-6,14,17-20,23H,7-13,15-16H2,1-4H3. The number of pyridine rings is 1. The van der Waals surface area contributed by atoms with Gasteiger partial charge in [0.1, 0.15) is 5.82 Å². The Hall–Kier alpha value is -2.23. The van der Waals surface area contributed by atoms with Crippen LogP contribution in [0, 0.1) is 28.1 Å². The molecule has 0 aromatic carbocycles. The number of aromatic nitrogens is 1. The average molecular weight is 522 g/mol. The van der Waals surface area contributed by atoms with Gasteiger partial charge in [-0.3, -0.25) is 9.69 Å². The van der Waals surface area contributed by atoms with Gasteiger partial charge in [-0.15, -0.1) is 0 Å². The second-order valence-electron chi connectivity index (χ2n) is 12.6. The summed E-state index contributed by atoms with van der Waals surface area (Å²) in [6.07, 6.45) is 1.83. The minimum absolute atomic E-state index is 0.0191. The van der Waals surface area contributed by atoms with Gasteiger partial charge < -0.3 is 9.80 Å². The SMILES string of the molecule is CC1CN(c2ccc(C(F)(F)F)cn2)CCN1C(C)(C)C(=O)N(C)C1C2CC3CC1CC(CN=O)(C3)C2. The van der Waals surface area contributed by atoms with Crippen molar-refractivity contribution in [1.29, 1.82) is 0 Å². The molecule has 4 bridgehead atoms. The van der Waals surface area contributed by atoms with Crippen LogP contribution in [0.3, 0.4) is 0 Å². The van der Waals surface area contributed by atoms with Crippen LogP contribution in [0.2, 0.25) is 0 Å². The molecule has 1 aliphatic heterocycles. The molecule has 1 saturated heterocycles. The van der Waals surface area contributed by atoms with E-state index in [1.54, 1.807) is 0 Å². The molecule has 0 spiro atoms. The number of carbonyl (C=O) groups excluding carboxylic acids is 1.